The molecule has 2 heteroatoms. The fourth-order valence-corrected chi connectivity index (χ4v) is 7.27. The highest BCUT2D eigenvalue weighted by Crippen LogP contribution is 2.65. The number of fused-ring (bicyclic) bond motifs is 5. The minimum absolute atomic E-state index is 0.154. The second-order valence-electron chi connectivity index (χ2n) is 8.79. The lowest BCUT2D eigenvalue weighted by Crippen LogP contribution is -2.54. The maximum Gasteiger partial charge on any atom is 0.0648 e. The first-order valence-corrected chi connectivity index (χ1v) is 9.31. The lowest BCUT2D eigenvalue weighted by Gasteiger charge is -2.60. The highest BCUT2D eigenvalue weighted by atomic mass is 16.3. The maximum absolute atomic E-state index is 10.5. The Bertz CT molecular complexity index is 435. The molecule has 4 aliphatic carbocycles. The Kier molecular flexibility index (Phi) is 3.26. The number of rotatable bonds is 1. The van der Waals surface area contributed by atoms with Crippen molar-refractivity contribution in [2.75, 3.05) is 0 Å². The molecule has 0 spiro atoms. The van der Waals surface area contributed by atoms with E-state index in [1.165, 1.54) is 51.4 Å². The van der Waals surface area contributed by atoms with Crippen LogP contribution in [0.25, 0.3) is 0 Å². The number of aliphatic hydroxyl groups excluding tert-OH is 1. The van der Waals surface area contributed by atoms with E-state index in [2.05, 4.69) is 6.92 Å². The van der Waals surface area contributed by atoms with Gasteiger partial charge >= 0.3 is 0 Å². The third kappa shape index (κ3) is 1.77. The average Bonchev–Trinajstić information content (AvgIpc) is 2.84. The van der Waals surface area contributed by atoms with E-state index in [0.717, 1.165) is 30.6 Å². The summed E-state index contributed by atoms with van der Waals surface area (Å²) in [7, 11) is 0. The number of hydrogen-bond donors (Lipinski definition) is 2. The van der Waals surface area contributed by atoms with Gasteiger partial charge in [-0.2, -0.15) is 0 Å². The van der Waals surface area contributed by atoms with E-state index < -0.39 is 0 Å². The van der Waals surface area contributed by atoms with Crippen molar-refractivity contribution in [1.29, 1.82) is 5.41 Å². The van der Waals surface area contributed by atoms with Gasteiger partial charge in [0.1, 0.15) is 0 Å². The first kappa shape index (κ1) is 14.2. The molecule has 0 radical (unpaired) electrons. The summed E-state index contributed by atoms with van der Waals surface area (Å²) in [6, 6.07) is 0. The normalized spacial score (nSPS) is 56.2. The van der Waals surface area contributed by atoms with Gasteiger partial charge in [-0.15, -0.1) is 0 Å². The molecule has 0 amide bonds. The van der Waals surface area contributed by atoms with Crippen LogP contribution in [0, 0.1) is 39.9 Å². The monoisotopic (exact) mass is 289 g/mol. The minimum Gasteiger partial charge on any atom is -0.392 e. The van der Waals surface area contributed by atoms with Crippen LogP contribution in [0.1, 0.15) is 71.1 Å². The van der Waals surface area contributed by atoms with Crippen molar-refractivity contribution in [3.8, 4) is 0 Å². The van der Waals surface area contributed by atoms with E-state index in [-0.39, 0.29) is 11.5 Å². The van der Waals surface area contributed by atoms with Crippen LogP contribution in [0.4, 0.5) is 0 Å². The van der Waals surface area contributed by atoms with Gasteiger partial charge in [0, 0.05) is 11.6 Å². The lowest BCUT2D eigenvalue weighted by atomic mass is 9.45. The molecular formula is C19H31NO. The fourth-order valence-electron chi connectivity index (χ4n) is 7.27. The molecule has 4 saturated carbocycles. The summed E-state index contributed by atoms with van der Waals surface area (Å²) in [5.74, 6) is 3.23. The molecule has 0 aliphatic heterocycles. The SMILES string of the molecule is C[C@]12CCCCC1CC[C@H]1[C@@H]3CC[C@H](O)[C@@]3(C=N)CC[C@@H]12. The maximum atomic E-state index is 10.5. The molecule has 4 fully saturated rings. The predicted octanol–water partition coefficient (Wildman–Crippen LogP) is 4.41. The van der Waals surface area contributed by atoms with Crippen LogP contribution < -0.4 is 0 Å². The van der Waals surface area contributed by atoms with Crippen molar-refractivity contribution in [2.24, 2.45) is 34.5 Å². The third-order valence-electron chi connectivity index (χ3n) is 8.40. The average molecular weight is 289 g/mol. The van der Waals surface area contributed by atoms with E-state index in [0.29, 0.717) is 11.3 Å². The van der Waals surface area contributed by atoms with Crippen LogP contribution in [0.3, 0.4) is 0 Å². The summed E-state index contributed by atoms with van der Waals surface area (Å²) in [6.45, 7) is 2.59. The summed E-state index contributed by atoms with van der Waals surface area (Å²) in [4.78, 5) is 0. The van der Waals surface area contributed by atoms with Crippen LogP contribution >= 0.6 is 0 Å². The van der Waals surface area contributed by atoms with Crippen molar-refractivity contribution in [3.63, 3.8) is 0 Å². The van der Waals surface area contributed by atoms with Gasteiger partial charge in [0.05, 0.1) is 6.10 Å². The summed E-state index contributed by atoms with van der Waals surface area (Å²) in [6.07, 6.45) is 14.4. The molecule has 7 atom stereocenters. The van der Waals surface area contributed by atoms with Gasteiger partial charge in [-0.3, -0.25) is 0 Å². The zero-order valence-electron chi connectivity index (χ0n) is 13.5. The van der Waals surface area contributed by atoms with Gasteiger partial charge in [0.2, 0.25) is 0 Å². The Labute approximate surface area is 129 Å². The second-order valence-corrected chi connectivity index (χ2v) is 8.79. The standard InChI is InChI=1S/C19H31NO/c1-18-10-3-2-4-13(18)5-6-14-15(18)9-11-19(12-20)16(14)7-8-17(19)21/h12-17,20-21H,2-11H2,1H3/t13?,14-,15+,16+,17+,18+,19-/m1/s1. The smallest absolute Gasteiger partial charge is 0.0648 e. The molecule has 0 aromatic rings. The zero-order valence-corrected chi connectivity index (χ0v) is 13.5. The van der Waals surface area contributed by atoms with E-state index in [1.807, 2.05) is 0 Å². The Morgan fingerprint density at radius 3 is 2.62 bits per heavy atom. The highest BCUT2D eigenvalue weighted by Gasteiger charge is 2.60. The molecule has 4 rings (SSSR count). The van der Waals surface area contributed by atoms with Gasteiger partial charge in [-0.1, -0.05) is 19.8 Å². The van der Waals surface area contributed by atoms with E-state index in [9.17, 15) is 5.11 Å². The summed E-state index contributed by atoms with van der Waals surface area (Å²) in [5, 5.41) is 18.5. The molecule has 0 aromatic carbocycles. The molecular weight excluding hydrogens is 258 g/mol. The molecule has 21 heavy (non-hydrogen) atoms. The Balaban J connectivity index is 1.66. The Morgan fingerprint density at radius 1 is 0.952 bits per heavy atom. The van der Waals surface area contributed by atoms with E-state index >= 15 is 0 Å². The lowest BCUT2D eigenvalue weighted by molar-refractivity contribution is -0.105. The molecule has 0 bridgehead atoms. The Hall–Kier alpha value is -0.370. The molecule has 4 aliphatic rings. The summed E-state index contributed by atoms with van der Waals surface area (Å²) < 4.78 is 0. The topological polar surface area (TPSA) is 44.1 Å². The van der Waals surface area contributed by atoms with Crippen molar-refractivity contribution in [3.05, 3.63) is 0 Å². The predicted molar refractivity (Wildman–Crippen MR) is 85.5 cm³/mol. The summed E-state index contributed by atoms with van der Waals surface area (Å²) in [5.41, 5.74) is 0.419. The van der Waals surface area contributed by atoms with Gasteiger partial charge < -0.3 is 10.5 Å². The number of aliphatic hydroxyl groups is 1. The van der Waals surface area contributed by atoms with Crippen LogP contribution in [0.5, 0.6) is 0 Å². The van der Waals surface area contributed by atoms with Gasteiger partial charge in [-0.25, -0.2) is 0 Å². The van der Waals surface area contributed by atoms with E-state index in [4.69, 9.17) is 5.41 Å². The molecule has 1 unspecified atom stereocenters. The molecule has 0 heterocycles. The van der Waals surface area contributed by atoms with Crippen molar-refractivity contribution in [1.82, 2.24) is 0 Å². The van der Waals surface area contributed by atoms with Crippen LogP contribution in [-0.4, -0.2) is 17.4 Å². The third-order valence-corrected chi connectivity index (χ3v) is 8.40. The van der Waals surface area contributed by atoms with Crippen molar-refractivity contribution in [2.45, 2.75) is 77.2 Å². The van der Waals surface area contributed by atoms with Gasteiger partial charge in [0.25, 0.3) is 0 Å². The van der Waals surface area contributed by atoms with Crippen LogP contribution in [0.15, 0.2) is 0 Å². The highest BCUT2D eigenvalue weighted by molar-refractivity contribution is 5.65. The van der Waals surface area contributed by atoms with E-state index in [1.54, 1.807) is 6.21 Å². The van der Waals surface area contributed by atoms with Crippen LogP contribution in [0.2, 0.25) is 0 Å². The largest absolute Gasteiger partial charge is 0.392 e. The number of hydrogen-bond acceptors (Lipinski definition) is 2. The summed E-state index contributed by atoms with van der Waals surface area (Å²) >= 11 is 0. The quantitative estimate of drug-likeness (QED) is 0.690. The zero-order chi connectivity index (χ0) is 14.7. The number of nitrogens with one attached hydrogen (secondary N) is 1. The molecule has 0 aromatic heterocycles. The minimum atomic E-state index is -0.238. The molecule has 2 nitrogen and oxygen atoms in total. The molecule has 0 saturated heterocycles. The molecule has 2 N–H and O–H groups in total. The second kappa shape index (κ2) is 4.81. The van der Waals surface area contributed by atoms with Crippen molar-refractivity contribution < 1.29 is 5.11 Å². The first-order valence-electron chi connectivity index (χ1n) is 9.31. The van der Waals surface area contributed by atoms with Gasteiger partial charge in [0.15, 0.2) is 0 Å². The van der Waals surface area contributed by atoms with Crippen molar-refractivity contribution >= 4 is 6.21 Å². The molecule has 118 valence electrons. The first-order chi connectivity index (χ1) is 10.1. The Morgan fingerprint density at radius 2 is 1.81 bits per heavy atom. The van der Waals surface area contributed by atoms with Gasteiger partial charge in [-0.05, 0) is 80.5 Å². The van der Waals surface area contributed by atoms with Crippen LogP contribution in [-0.2, 0) is 0 Å². The fraction of sp³-hybridized carbons (Fsp3) is 0.947.